The molecule has 3 aromatic rings. The molecular formula is C24H25FN2OS. The summed E-state index contributed by atoms with van der Waals surface area (Å²) in [5.74, 6) is -0.279. The molecule has 150 valence electrons. The second kappa shape index (κ2) is 8.89. The minimum Gasteiger partial charge on any atom is -0.354 e. The molecule has 2 aromatic carbocycles. The van der Waals surface area contributed by atoms with Crippen LogP contribution in [0.3, 0.4) is 0 Å². The van der Waals surface area contributed by atoms with Gasteiger partial charge in [-0.2, -0.15) is 0 Å². The minimum atomic E-state index is -0.261. The molecule has 1 unspecified atom stereocenters. The largest absolute Gasteiger partial charge is 0.354 e. The van der Waals surface area contributed by atoms with Gasteiger partial charge in [-0.25, -0.2) is 4.39 Å². The average molecular weight is 409 g/mol. The van der Waals surface area contributed by atoms with Gasteiger partial charge >= 0.3 is 0 Å². The molecule has 0 radical (unpaired) electrons. The third-order valence-corrected chi connectivity index (χ3v) is 6.76. The van der Waals surface area contributed by atoms with Gasteiger partial charge < -0.3 is 5.32 Å². The van der Waals surface area contributed by atoms with Crippen LogP contribution in [0, 0.1) is 5.82 Å². The normalized spacial score (nSPS) is 16.0. The van der Waals surface area contributed by atoms with Crippen molar-refractivity contribution in [1.29, 1.82) is 0 Å². The molecular weight excluding hydrogens is 383 g/mol. The highest BCUT2D eigenvalue weighted by molar-refractivity contribution is 7.10. The number of benzene rings is 2. The van der Waals surface area contributed by atoms with Gasteiger partial charge in [-0.05, 0) is 47.5 Å². The highest BCUT2D eigenvalue weighted by Crippen LogP contribution is 2.43. The molecule has 29 heavy (non-hydrogen) atoms. The van der Waals surface area contributed by atoms with Crippen LogP contribution in [0.2, 0.25) is 0 Å². The fourth-order valence-electron chi connectivity index (χ4n) is 3.98. The van der Waals surface area contributed by atoms with Gasteiger partial charge in [0, 0.05) is 16.8 Å². The smallest absolute Gasteiger partial charge is 0.234 e. The monoisotopic (exact) mass is 408 g/mol. The van der Waals surface area contributed by atoms with Crippen molar-refractivity contribution >= 4 is 17.2 Å². The molecule has 1 aliphatic rings. The predicted octanol–water partition coefficient (Wildman–Crippen LogP) is 4.80. The molecule has 4 rings (SSSR count). The van der Waals surface area contributed by atoms with Crippen molar-refractivity contribution < 1.29 is 9.18 Å². The van der Waals surface area contributed by atoms with Crippen LogP contribution in [-0.2, 0) is 10.2 Å². The van der Waals surface area contributed by atoms with E-state index in [2.05, 4.69) is 34.9 Å². The van der Waals surface area contributed by atoms with Crippen LogP contribution in [-0.4, -0.2) is 19.0 Å². The van der Waals surface area contributed by atoms with Crippen LogP contribution in [0.15, 0.2) is 72.1 Å². The molecule has 1 aliphatic carbocycles. The van der Waals surface area contributed by atoms with Gasteiger partial charge in [0.1, 0.15) is 5.82 Å². The summed E-state index contributed by atoms with van der Waals surface area (Å²) in [5, 5.41) is 8.48. The molecule has 0 aliphatic heterocycles. The summed E-state index contributed by atoms with van der Waals surface area (Å²) in [6.45, 7) is 0.878. The zero-order valence-corrected chi connectivity index (χ0v) is 17.1. The van der Waals surface area contributed by atoms with Crippen LogP contribution in [0.4, 0.5) is 4.39 Å². The highest BCUT2D eigenvalue weighted by atomic mass is 32.1. The molecule has 2 N–H and O–H groups in total. The van der Waals surface area contributed by atoms with Gasteiger partial charge in [0.05, 0.1) is 12.6 Å². The first kappa shape index (κ1) is 19.8. The quantitative estimate of drug-likeness (QED) is 0.562. The van der Waals surface area contributed by atoms with Crippen molar-refractivity contribution in [1.82, 2.24) is 10.6 Å². The SMILES string of the molecule is O=C(CNC(c1ccc(F)cc1)c1cccs1)NCC1(c2ccccc2)CCC1. The third kappa shape index (κ3) is 4.57. The van der Waals surface area contributed by atoms with Gasteiger partial charge in [-0.3, -0.25) is 10.1 Å². The number of amides is 1. The van der Waals surface area contributed by atoms with E-state index >= 15 is 0 Å². The number of halogens is 1. The summed E-state index contributed by atoms with van der Waals surface area (Å²) >= 11 is 1.62. The standard InChI is InChI=1S/C24H25FN2OS/c25-20-11-9-18(10-12-20)23(21-8-4-15-29-21)26-16-22(28)27-17-24(13-5-14-24)19-6-2-1-3-7-19/h1-4,6-12,15,23,26H,5,13-14,16-17H2,(H,27,28). The number of carbonyl (C=O) groups is 1. The maximum atomic E-state index is 13.3. The Balaban J connectivity index is 1.38. The van der Waals surface area contributed by atoms with E-state index in [0.29, 0.717) is 6.54 Å². The number of hydrogen-bond donors (Lipinski definition) is 2. The maximum absolute atomic E-state index is 13.3. The van der Waals surface area contributed by atoms with Gasteiger partial charge in [0.25, 0.3) is 0 Å². The number of hydrogen-bond acceptors (Lipinski definition) is 3. The Bertz CT molecular complexity index is 921. The van der Waals surface area contributed by atoms with Gasteiger partial charge in [-0.1, -0.05) is 55.0 Å². The van der Waals surface area contributed by atoms with Crippen molar-refractivity contribution in [3.05, 3.63) is 93.9 Å². The third-order valence-electron chi connectivity index (χ3n) is 5.82. The van der Waals surface area contributed by atoms with Gasteiger partial charge in [-0.15, -0.1) is 11.3 Å². The van der Waals surface area contributed by atoms with Crippen molar-refractivity contribution in [2.45, 2.75) is 30.7 Å². The van der Waals surface area contributed by atoms with Crippen LogP contribution in [0.25, 0.3) is 0 Å². The first-order valence-electron chi connectivity index (χ1n) is 10.0. The van der Waals surface area contributed by atoms with E-state index in [1.54, 1.807) is 23.5 Å². The van der Waals surface area contributed by atoms with E-state index in [9.17, 15) is 9.18 Å². The molecule has 3 nitrogen and oxygen atoms in total. The first-order chi connectivity index (χ1) is 14.2. The molecule has 0 bridgehead atoms. The van der Waals surface area contributed by atoms with E-state index in [-0.39, 0.29) is 29.7 Å². The first-order valence-corrected chi connectivity index (χ1v) is 10.9. The fourth-order valence-corrected chi connectivity index (χ4v) is 4.81. The molecule has 1 atom stereocenters. The lowest BCUT2D eigenvalue weighted by Gasteiger charge is -2.42. The van der Waals surface area contributed by atoms with E-state index in [4.69, 9.17) is 0 Å². The molecule has 1 saturated carbocycles. The highest BCUT2D eigenvalue weighted by Gasteiger charge is 2.38. The summed E-state index contributed by atoms with van der Waals surface area (Å²) in [6, 6.07) is 20.8. The second-order valence-corrected chi connectivity index (χ2v) is 8.64. The molecule has 1 heterocycles. The van der Waals surface area contributed by atoms with E-state index in [1.165, 1.54) is 24.1 Å². The predicted molar refractivity (Wildman–Crippen MR) is 116 cm³/mol. The fraction of sp³-hybridized carbons (Fsp3) is 0.292. The molecule has 5 heteroatoms. The lowest BCUT2D eigenvalue weighted by Crippen LogP contribution is -2.47. The van der Waals surface area contributed by atoms with E-state index in [1.807, 2.05) is 23.6 Å². The lowest BCUT2D eigenvalue weighted by atomic mass is 9.64. The summed E-state index contributed by atoms with van der Waals surface area (Å²) in [5.41, 5.74) is 2.32. The molecule has 0 spiro atoms. The summed E-state index contributed by atoms with van der Waals surface area (Å²) < 4.78 is 13.3. The maximum Gasteiger partial charge on any atom is 0.234 e. The lowest BCUT2D eigenvalue weighted by molar-refractivity contribution is -0.120. The number of nitrogens with one attached hydrogen (secondary N) is 2. The zero-order chi connectivity index (χ0) is 20.1. The number of carbonyl (C=O) groups excluding carboxylic acids is 1. The van der Waals surface area contributed by atoms with Crippen molar-refractivity contribution in [3.8, 4) is 0 Å². The van der Waals surface area contributed by atoms with Crippen LogP contribution < -0.4 is 10.6 Å². The van der Waals surface area contributed by atoms with Gasteiger partial charge in [0.15, 0.2) is 0 Å². The van der Waals surface area contributed by atoms with Crippen LogP contribution in [0.5, 0.6) is 0 Å². The van der Waals surface area contributed by atoms with E-state index < -0.39 is 0 Å². The molecule has 1 fully saturated rings. The van der Waals surface area contributed by atoms with Crippen LogP contribution >= 0.6 is 11.3 Å². The van der Waals surface area contributed by atoms with Crippen molar-refractivity contribution in [2.24, 2.45) is 0 Å². The average Bonchev–Trinajstić information content (AvgIpc) is 3.24. The molecule has 1 aromatic heterocycles. The number of rotatable bonds is 8. The van der Waals surface area contributed by atoms with Gasteiger partial charge in [0.2, 0.25) is 5.91 Å². The Hall–Kier alpha value is -2.50. The van der Waals surface area contributed by atoms with Crippen molar-refractivity contribution in [3.63, 3.8) is 0 Å². The molecule has 1 amide bonds. The Morgan fingerprint density at radius 3 is 2.41 bits per heavy atom. The minimum absolute atomic E-state index is 0.0177. The Morgan fingerprint density at radius 1 is 1.03 bits per heavy atom. The Labute approximate surface area is 175 Å². The summed E-state index contributed by atoms with van der Waals surface area (Å²) in [6.07, 6.45) is 3.42. The van der Waals surface area contributed by atoms with Crippen LogP contribution in [0.1, 0.15) is 41.3 Å². The van der Waals surface area contributed by atoms with E-state index in [0.717, 1.165) is 23.3 Å². The topological polar surface area (TPSA) is 41.1 Å². The zero-order valence-electron chi connectivity index (χ0n) is 16.2. The molecule has 0 saturated heterocycles. The second-order valence-electron chi connectivity index (χ2n) is 7.66. The Kier molecular flexibility index (Phi) is 6.07. The summed E-state index contributed by atoms with van der Waals surface area (Å²) in [4.78, 5) is 13.7. The summed E-state index contributed by atoms with van der Waals surface area (Å²) in [7, 11) is 0. The van der Waals surface area contributed by atoms with Crippen molar-refractivity contribution in [2.75, 3.05) is 13.1 Å². The number of thiophene rings is 1. The Morgan fingerprint density at radius 2 is 1.79 bits per heavy atom.